The van der Waals surface area contributed by atoms with Gasteiger partial charge in [-0.25, -0.2) is 5.14 Å². The molecule has 0 radical (unpaired) electrons. The van der Waals surface area contributed by atoms with Crippen LogP contribution in [0.3, 0.4) is 0 Å². The van der Waals surface area contributed by atoms with Gasteiger partial charge < -0.3 is 4.42 Å². The first kappa shape index (κ1) is 14.1. The summed E-state index contributed by atoms with van der Waals surface area (Å²) in [6.45, 7) is 0.0897. The van der Waals surface area contributed by atoms with Gasteiger partial charge in [0.1, 0.15) is 11.5 Å². The molecule has 102 valence electrons. The average molecular weight is 301 g/mol. The predicted octanol–water partition coefficient (Wildman–Crippen LogP) is 2.24. The maximum absolute atomic E-state index is 11.1. The molecule has 0 amide bonds. The Bertz CT molecular complexity index is 665. The Labute approximate surface area is 116 Å². The Hall–Kier alpha value is -1.34. The number of nitrogens with zero attached hydrogens (tertiary/aromatic N) is 1. The second-order valence-electron chi connectivity index (χ2n) is 4.07. The van der Waals surface area contributed by atoms with Crippen LogP contribution in [0.4, 0.5) is 0 Å². The van der Waals surface area contributed by atoms with Crippen molar-refractivity contribution in [3.8, 4) is 11.3 Å². The summed E-state index contributed by atoms with van der Waals surface area (Å²) in [5.41, 5.74) is 0.869. The van der Waals surface area contributed by atoms with Crippen molar-refractivity contribution < 1.29 is 12.8 Å². The topological polar surface area (TPSA) is 76.5 Å². The van der Waals surface area contributed by atoms with Crippen LogP contribution in [0.1, 0.15) is 5.76 Å². The molecule has 1 heterocycles. The fraction of sp³-hybridized carbons (Fsp3) is 0.167. The van der Waals surface area contributed by atoms with E-state index in [2.05, 4.69) is 0 Å². The van der Waals surface area contributed by atoms with E-state index in [0.717, 1.165) is 9.87 Å². The summed E-state index contributed by atoms with van der Waals surface area (Å²) in [5, 5.41) is 5.65. The first-order valence-corrected chi connectivity index (χ1v) is 7.33. The van der Waals surface area contributed by atoms with Gasteiger partial charge in [-0.15, -0.1) is 0 Å². The Morgan fingerprint density at radius 2 is 1.84 bits per heavy atom. The largest absolute Gasteiger partial charge is 0.460 e. The van der Waals surface area contributed by atoms with Gasteiger partial charge in [0.15, 0.2) is 0 Å². The van der Waals surface area contributed by atoms with Gasteiger partial charge in [0.25, 0.3) is 10.2 Å². The van der Waals surface area contributed by atoms with Gasteiger partial charge in [0, 0.05) is 17.6 Å². The summed E-state index contributed by atoms with van der Waals surface area (Å²) in [6.07, 6.45) is 0. The van der Waals surface area contributed by atoms with Gasteiger partial charge in [-0.1, -0.05) is 11.6 Å². The van der Waals surface area contributed by atoms with Crippen LogP contribution in [0.5, 0.6) is 0 Å². The van der Waals surface area contributed by atoms with Crippen molar-refractivity contribution in [2.75, 3.05) is 7.05 Å². The first-order chi connectivity index (χ1) is 8.86. The van der Waals surface area contributed by atoms with Crippen LogP contribution in [0, 0.1) is 0 Å². The minimum absolute atomic E-state index is 0.0897. The molecule has 19 heavy (non-hydrogen) atoms. The molecule has 0 saturated heterocycles. The Morgan fingerprint density at radius 3 is 2.42 bits per heavy atom. The molecule has 2 N–H and O–H groups in total. The van der Waals surface area contributed by atoms with E-state index in [1.165, 1.54) is 7.05 Å². The molecule has 5 nitrogen and oxygen atoms in total. The zero-order valence-electron chi connectivity index (χ0n) is 10.2. The van der Waals surface area contributed by atoms with Crippen LogP contribution in [0.2, 0.25) is 5.02 Å². The molecule has 0 atom stereocenters. The standard InChI is InChI=1S/C12H13ClN2O3S/c1-15(19(14,16)17)8-11-6-7-12(18-11)9-2-4-10(13)5-3-9/h2-7H,8H2,1H3,(H2,14,16,17). The molecule has 2 aromatic rings. The van der Waals surface area contributed by atoms with E-state index in [1.807, 2.05) is 12.1 Å². The van der Waals surface area contributed by atoms with Crippen molar-refractivity contribution in [2.24, 2.45) is 5.14 Å². The number of halogens is 1. The van der Waals surface area contributed by atoms with Crippen LogP contribution in [-0.2, 0) is 16.8 Å². The maximum Gasteiger partial charge on any atom is 0.277 e. The number of furan rings is 1. The minimum atomic E-state index is -3.71. The number of benzene rings is 1. The van der Waals surface area contributed by atoms with Crippen molar-refractivity contribution >= 4 is 21.8 Å². The van der Waals surface area contributed by atoms with Crippen LogP contribution in [0.25, 0.3) is 11.3 Å². The average Bonchev–Trinajstić information content (AvgIpc) is 2.77. The molecule has 0 fully saturated rings. The molecule has 1 aromatic carbocycles. The van der Waals surface area contributed by atoms with E-state index in [4.69, 9.17) is 21.2 Å². The van der Waals surface area contributed by atoms with Gasteiger partial charge in [-0.2, -0.15) is 12.7 Å². The fourth-order valence-corrected chi connectivity index (χ4v) is 1.97. The molecule has 0 aliphatic carbocycles. The SMILES string of the molecule is CN(Cc1ccc(-c2ccc(Cl)cc2)o1)S(N)(=O)=O. The van der Waals surface area contributed by atoms with Crippen LogP contribution in [0.15, 0.2) is 40.8 Å². The summed E-state index contributed by atoms with van der Waals surface area (Å²) < 4.78 is 28.8. The third kappa shape index (κ3) is 3.57. The number of hydrogen-bond acceptors (Lipinski definition) is 3. The molecular formula is C12H13ClN2O3S. The fourth-order valence-electron chi connectivity index (χ4n) is 1.54. The van der Waals surface area contributed by atoms with Gasteiger partial charge in [-0.05, 0) is 36.4 Å². The summed E-state index contributed by atoms with van der Waals surface area (Å²) in [4.78, 5) is 0. The second-order valence-corrected chi connectivity index (χ2v) is 6.16. The summed E-state index contributed by atoms with van der Waals surface area (Å²) in [7, 11) is -2.32. The van der Waals surface area contributed by atoms with E-state index >= 15 is 0 Å². The maximum atomic E-state index is 11.1. The zero-order chi connectivity index (χ0) is 14.0. The Kier molecular flexibility index (Phi) is 3.96. The molecule has 2 rings (SSSR count). The lowest BCUT2D eigenvalue weighted by molar-refractivity contribution is 0.411. The lowest BCUT2D eigenvalue weighted by atomic mass is 10.2. The first-order valence-electron chi connectivity index (χ1n) is 5.45. The number of hydrogen-bond donors (Lipinski definition) is 1. The van der Waals surface area contributed by atoms with Crippen LogP contribution in [-0.4, -0.2) is 19.8 Å². The number of nitrogens with two attached hydrogens (primary N) is 1. The van der Waals surface area contributed by atoms with E-state index in [-0.39, 0.29) is 6.54 Å². The van der Waals surface area contributed by atoms with E-state index < -0.39 is 10.2 Å². The quantitative estimate of drug-likeness (QED) is 0.940. The van der Waals surface area contributed by atoms with Crippen LogP contribution < -0.4 is 5.14 Å². The highest BCUT2D eigenvalue weighted by molar-refractivity contribution is 7.86. The molecule has 0 spiro atoms. The van der Waals surface area contributed by atoms with Crippen molar-refractivity contribution in [2.45, 2.75) is 6.54 Å². The van der Waals surface area contributed by atoms with Crippen molar-refractivity contribution in [3.63, 3.8) is 0 Å². The monoisotopic (exact) mass is 300 g/mol. The lowest BCUT2D eigenvalue weighted by Gasteiger charge is -2.11. The molecule has 0 bridgehead atoms. The molecular weight excluding hydrogens is 288 g/mol. The molecule has 0 aliphatic heterocycles. The molecule has 0 saturated carbocycles. The van der Waals surface area contributed by atoms with Gasteiger partial charge in [-0.3, -0.25) is 0 Å². The van der Waals surface area contributed by atoms with Crippen molar-refractivity contribution in [1.82, 2.24) is 4.31 Å². The molecule has 7 heteroatoms. The summed E-state index contributed by atoms with van der Waals surface area (Å²) >= 11 is 5.81. The smallest absolute Gasteiger partial charge is 0.277 e. The number of rotatable bonds is 4. The zero-order valence-corrected chi connectivity index (χ0v) is 11.8. The second kappa shape index (κ2) is 5.34. The Morgan fingerprint density at radius 1 is 1.21 bits per heavy atom. The molecule has 1 aromatic heterocycles. The minimum Gasteiger partial charge on any atom is -0.460 e. The highest BCUT2D eigenvalue weighted by atomic mass is 35.5. The van der Waals surface area contributed by atoms with E-state index in [9.17, 15) is 8.42 Å². The third-order valence-electron chi connectivity index (χ3n) is 2.60. The van der Waals surface area contributed by atoms with Crippen molar-refractivity contribution in [3.05, 3.63) is 47.2 Å². The lowest BCUT2D eigenvalue weighted by Crippen LogP contribution is -2.32. The molecule has 0 unspecified atom stereocenters. The molecule has 0 aliphatic rings. The van der Waals surface area contributed by atoms with Gasteiger partial charge >= 0.3 is 0 Å². The van der Waals surface area contributed by atoms with Gasteiger partial charge in [0.2, 0.25) is 0 Å². The predicted molar refractivity (Wildman–Crippen MR) is 73.7 cm³/mol. The highest BCUT2D eigenvalue weighted by Crippen LogP contribution is 2.24. The highest BCUT2D eigenvalue weighted by Gasteiger charge is 2.14. The normalized spacial score (nSPS) is 12.0. The van der Waals surface area contributed by atoms with Gasteiger partial charge in [0.05, 0.1) is 6.54 Å². The van der Waals surface area contributed by atoms with Crippen molar-refractivity contribution in [1.29, 1.82) is 0 Å². The van der Waals surface area contributed by atoms with Crippen LogP contribution >= 0.6 is 11.6 Å². The van der Waals surface area contributed by atoms with E-state index in [0.29, 0.717) is 16.5 Å². The van der Waals surface area contributed by atoms with E-state index in [1.54, 1.807) is 24.3 Å². The third-order valence-corrected chi connectivity index (χ3v) is 3.85. The Balaban J connectivity index is 2.18. The summed E-state index contributed by atoms with van der Waals surface area (Å²) in [6, 6.07) is 10.7. The summed E-state index contributed by atoms with van der Waals surface area (Å²) in [5.74, 6) is 1.16.